The van der Waals surface area contributed by atoms with Gasteiger partial charge in [-0.2, -0.15) is 0 Å². The Morgan fingerprint density at radius 2 is 1.35 bits per heavy atom. The molecule has 4 aromatic rings. The van der Waals surface area contributed by atoms with Crippen molar-refractivity contribution in [3.05, 3.63) is 122 Å². The first-order chi connectivity index (χ1) is 15.2. The monoisotopic (exact) mass is 398 g/mol. The summed E-state index contributed by atoms with van der Waals surface area (Å²) in [6, 6.07) is 25.3. The fourth-order valence-corrected chi connectivity index (χ4v) is 6.26. The maximum absolute atomic E-state index is 2.49. The van der Waals surface area contributed by atoms with Gasteiger partial charge in [0, 0.05) is 29.0 Å². The van der Waals surface area contributed by atoms with E-state index in [4.69, 9.17) is 0 Å². The summed E-state index contributed by atoms with van der Waals surface area (Å²) in [5.74, 6) is 0.599. The van der Waals surface area contributed by atoms with Crippen LogP contribution in [0.3, 0.4) is 0 Å². The number of aromatic nitrogens is 1. The minimum absolute atomic E-state index is 0.285. The van der Waals surface area contributed by atoms with Crippen molar-refractivity contribution in [3.63, 3.8) is 0 Å². The second kappa shape index (κ2) is 6.04. The minimum atomic E-state index is 0.285. The topological polar surface area (TPSA) is 3.88 Å². The van der Waals surface area contributed by atoms with Crippen molar-refractivity contribution in [2.75, 3.05) is 0 Å². The molecule has 0 radical (unpaired) electrons. The van der Waals surface area contributed by atoms with E-state index in [9.17, 15) is 0 Å². The van der Waals surface area contributed by atoms with Crippen molar-refractivity contribution in [1.29, 1.82) is 0 Å². The molecular formula is C30H24N+. The lowest BCUT2D eigenvalue weighted by molar-refractivity contribution is -0.660. The lowest BCUT2D eigenvalue weighted by atomic mass is 9.60. The molecule has 1 heteroatoms. The van der Waals surface area contributed by atoms with Crippen LogP contribution < -0.4 is 15.0 Å². The molecule has 3 aromatic carbocycles. The van der Waals surface area contributed by atoms with Crippen LogP contribution in [0.25, 0.3) is 23.4 Å². The Labute approximate surface area is 182 Å². The van der Waals surface area contributed by atoms with E-state index in [2.05, 4.69) is 104 Å². The van der Waals surface area contributed by atoms with Crippen LogP contribution in [0, 0.1) is 6.92 Å². The molecule has 31 heavy (non-hydrogen) atoms. The van der Waals surface area contributed by atoms with Crippen LogP contribution in [0.4, 0.5) is 0 Å². The molecule has 2 unspecified atom stereocenters. The molecule has 0 saturated heterocycles. The Balaban J connectivity index is 1.63. The van der Waals surface area contributed by atoms with Crippen molar-refractivity contribution >= 4 is 12.2 Å². The number of benzene rings is 3. The van der Waals surface area contributed by atoms with Gasteiger partial charge in [0.05, 0.1) is 0 Å². The Morgan fingerprint density at radius 3 is 2.10 bits per heavy atom. The third kappa shape index (κ3) is 2.19. The zero-order valence-corrected chi connectivity index (χ0v) is 17.9. The molecule has 1 heterocycles. The van der Waals surface area contributed by atoms with Crippen LogP contribution >= 0.6 is 0 Å². The highest BCUT2D eigenvalue weighted by Crippen LogP contribution is 2.56. The second-order valence-electron chi connectivity index (χ2n) is 9.21. The SMILES string of the molecule is Cc1ccccc1-c1c2c(cc[n+]1C)C1c3ccccc3C2c2cc3c(cc21)=CCC=3. The maximum atomic E-state index is 2.49. The summed E-state index contributed by atoms with van der Waals surface area (Å²) in [6.45, 7) is 2.23. The van der Waals surface area contributed by atoms with E-state index in [0.717, 1.165) is 6.42 Å². The van der Waals surface area contributed by atoms with Crippen LogP contribution in [-0.4, -0.2) is 0 Å². The summed E-state index contributed by atoms with van der Waals surface area (Å²) in [5, 5.41) is 2.81. The van der Waals surface area contributed by atoms with E-state index in [0.29, 0.717) is 5.92 Å². The molecule has 2 atom stereocenters. The number of nitrogens with zero attached hydrogens (tertiary/aromatic N) is 1. The molecule has 4 aliphatic rings. The molecule has 0 aliphatic heterocycles. The van der Waals surface area contributed by atoms with Crippen molar-refractivity contribution in [2.24, 2.45) is 7.05 Å². The summed E-state index contributed by atoms with van der Waals surface area (Å²) in [7, 11) is 2.20. The Bertz CT molecular complexity index is 1540. The second-order valence-corrected chi connectivity index (χ2v) is 9.21. The Morgan fingerprint density at radius 1 is 0.710 bits per heavy atom. The van der Waals surface area contributed by atoms with Crippen molar-refractivity contribution in [2.45, 2.75) is 25.2 Å². The molecule has 148 valence electrons. The van der Waals surface area contributed by atoms with Crippen LogP contribution in [0.5, 0.6) is 0 Å². The quantitative estimate of drug-likeness (QED) is 0.361. The average molecular weight is 399 g/mol. The number of rotatable bonds is 1. The lowest BCUT2D eigenvalue weighted by Crippen LogP contribution is -2.39. The molecule has 0 fully saturated rings. The lowest BCUT2D eigenvalue weighted by Gasteiger charge is -2.42. The van der Waals surface area contributed by atoms with Crippen LogP contribution in [-0.2, 0) is 7.05 Å². The van der Waals surface area contributed by atoms with Gasteiger partial charge < -0.3 is 0 Å². The first-order valence-electron chi connectivity index (χ1n) is 11.2. The van der Waals surface area contributed by atoms with Gasteiger partial charge in [-0.25, -0.2) is 4.57 Å². The van der Waals surface area contributed by atoms with Gasteiger partial charge in [0.2, 0.25) is 5.69 Å². The van der Waals surface area contributed by atoms with Crippen molar-refractivity contribution in [3.8, 4) is 11.3 Å². The molecule has 0 spiro atoms. The molecular weight excluding hydrogens is 374 g/mol. The van der Waals surface area contributed by atoms with Gasteiger partial charge in [0.25, 0.3) is 0 Å². The Kier molecular flexibility index (Phi) is 3.36. The number of fused-ring (bicyclic) bond motifs is 1. The fourth-order valence-electron chi connectivity index (χ4n) is 6.26. The summed E-state index contributed by atoms with van der Waals surface area (Å²) < 4.78 is 2.33. The smallest absolute Gasteiger partial charge is 0.201 e. The van der Waals surface area contributed by atoms with E-state index in [1.165, 1.54) is 60.6 Å². The molecule has 0 N–H and O–H groups in total. The summed E-state index contributed by atoms with van der Waals surface area (Å²) in [4.78, 5) is 0. The first kappa shape index (κ1) is 17.3. The van der Waals surface area contributed by atoms with Gasteiger partial charge in [0.15, 0.2) is 6.20 Å². The third-order valence-corrected chi connectivity index (χ3v) is 7.60. The molecule has 1 nitrogen and oxygen atoms in total. The number of pyridine rings is 1. The number of aryl methyl sites for hydroxylation is 2. The molecule has 4 aliphatic carbocycles. The minimum Gasteiger partial charge on any atom is -0.201 e. The number of hydrogen-bond acceptors (Lipinski definition) is 0. The zero-order valence-electron chi connectivity index (χ0n) is 17.9. The average Bonchev–Trinajstić information content (AvgIpc) is 3.25. The van der Waals surface area contributed by atoms with Crippen LogP contribution in [0.2, 0.25) is 0 Å². The van der Waals surface area contributed by atoms with Crippen molar-refractivity contribution in [1.82, 2.24) is 0 Å². The maximum Gasteiger partial charge on any atom is 0.217 e. The van der Waals surface area contributed by atoms with Gasteiger partial charge in [-0.3, -0.25) is 0 Å². The predicted octanol–water partition coefficient (Wildman–Crippen LogP) is 4.44. The highest BCUT2D eigenvalue weighted by molar-refractivity contribution is 5.76. The molecule has 2 bridgehead atoms. The van der Waals surface area contributed by atoms with E-state index in [1.54, 1.807) is 0 Å². The molecule has 1 aromatic heterocycles. The largest absolute Gasteiger partial charge is 0.217 e. The highest BCUT2D eigenvalue weighted by Gasteiger charge is 2.45. The standard InChI is InChI=1S/C30H24N/c1-18-8-3-4-11-21(18)30-29-24(14-15-31(30)2)27-22-12-5-6-13-23(22)28(29)26-17-20-10-7-9-19(20)16-25(26)27/h3-6,8-17,27-28H,7H2,1-2H3/q+1. The van der Waals surface area contributed by atoms with E-state index < -0.39 is 0 Å². The number of hydrogen-bond donors (Lipinski definition) is 0. The molecule has 0 amide bonds. The highest BCUT2D eigenvalue weighted by atomic mass is 14.9. The summed E-state index contributed by atoms with van der Waals surface area (Å²) >= 11 is 0. The van der Waals surface area contributed by atoms with Gasteiger partial charge in [0.1, 0.15) is 7.05 Å². The molecule has 8 rings (SSSR count). The van der Waals surface area contributed by atoms with Gasteiger partial charge >= 0.3 is 0 Å². The van der Waals surface area contributed by atoms with Gasteiger partial charge in [-0.05, 0) is 63.2 Å². The fraction of sp³-hybridized carbons (Fsp3) is 0.167. The van der Waals surface area contributed by atoms with E-state index >= 15 is 0 Å². The van der Waals surface area contributed by atoms with E-state index in [-0.39, 0.29) is 5.92 Å². The van der Waals surface area contributed by atoms with Crippen molar-refractivity contribution < 1.29 is 4.57 Å². The predicted molar refractivity (Wildman–Crippen MR) is 125 cm³/mol. The third-order valence-electron chi connectivity index (χ3n) is 7.60. The normalized spacial score (nSPS) is 19.0. The van der Waals surface area contributed by atoms with Crippen LogP contribution in [0.1, 0.15) is 57.2 Å². The van der Waals surface area contributed by atoms with Gasteiger partial charge in [-0.15, -0.1) is 0 Å². The van der Waals surface area contributed by atoms with E-state index in [1.807, 2.05) is 0 Å². The Hall–Kier alpha value is -3.45. The summed E-state index contributed by atoms with van der Waals surface area (Å²) in [6.07, 6.45) is 8.06. The van der Waals surface area contributed by atoms with Gasteiger partial charge in [-0.1, -0.05) is 66.7 Å². The zero-order chi connectivity index (χ0) is 20.7. The van der Waals surface area contributed by atoms with Crippen LogP contribution in [0.15, 0.2) is 72.9 Å². The summed E-state index contributed by atoms with van der Waals surface area (Å²) in [5.41, 5.74) is 13.0. The first-order valence-corrected chi connectivity index (χ1v) is 11.2. The molecule has 0 saturated carbocycles.